The SMILES string of the molecule is Cn1nnc(-c2ccc(CCCC3(O)CCN(C[C@H]4CN(CC5CCCCC5)C[C@@H]4c4ccccc4)CC3)cc2)n1. The predicted octanol–water partition coefficient (Wildman–Crippen LogP) is 5.32. The van der Waals surface area contributed by atoms with Gasteiger partial charge < -0.3 is 14.9 Å². The molecule has 2 atom stereocenters. The van der Waals surface area contributed by atoms with Crippen molar-refractivity contribution in [2.45, 2.75) is 75.7 Å². The molecule has 3 heterocycles. The van der Waals surface area contributed by atoms with E-state index < -0.39 is 5.60 Å². The van der Waals surface area contributed by atoms with E-state index in [1.807, 2.05) is 0 Å². The highest BCUT2D eigenvalue weighted by atomic mass is 16.3. The second-order valence-corrected chi connectivity index (χ2v) is 13.2. The molecule has 2 aliphatic heterocycles. The van der Waals surface area contributed by atoms with Gasteiger partial charge in [-0.25, -0.2) is 0 Å². The van der Waals surface area contributed by atoms with Gasteiger partial charge in [-0.05, 0) is 73.1 Å². The van der Waals surface area contributed by atoms with Crippen molar-refractivity contribution in [2.75, 3.05) is 39.3 Å². The monoisotopic (exact) mass is 556 g/mol. The third-order valence-corrected chi connectivity index (χ3v) is 10.1. The molecule has 1 saturated carbocycles. The van der Waals surface area contributed by atoms with Gasteiger partial charge in [0.05, 0.1) is 12.6 Å². The van der Waals surface area contributed by atoms with E-state index in [2.05, 4.69) is 79.8 Å². The molecule has 0 unspecified atom stereocenters. The molecule has 0 spiro atoms. The minimum absolute atomic E-state index is 0.526. The fourth-order valence-corrected chi connectivity index (χ4v) is 7.68. The quantitative estimate of drug-likeness (QED) is 0.364. The standard InChI is InChI=1S/C34H48N6O/c1-38-36-33(35-37-38)30-16-14-27(15-17-30)11-8-18-34(41)19-21-39(22-20-34)24-31-25-40(23-28-9-4-2-5-10-28)26-32(31)29-12-6-3-7-13-29/h3,6-7,12-17,28,31-32,41H,2,4-5,8-11,18-26H2,1H3/t31-,32+/m0/s1. The second-order valence-electron chi connectivity index (χ2n) is 13.2. The first kappa shape index (κ1) is 28.5. The van der Waals surface area contributed by atoms with Gasteiger partial charge in [-0.3, -0.25) is 0 Å². The fourth-order valence-electron chi connectivity index (χ4n) is 7.68. The Morgan fingerprint density at radius 3 is 2.34 bits per heavy atom. The molecule has 3 aliphatic rings. The topological polar surface area (TPSA) is 70.3 Å². The van der Waals surface area contributed by atoms with E-state index in [4.69, 9.17) is 0 Å². The van der Waals surface area contributed by atoms with Crippen LogP contribution in [-0.2, 0) is 13.5 Å². The van der Waals surface area contributed by atoms with Crippen LogP contribution in [0.5, 0.6) is 0 Å². The summed E-state index contributed by atoms with van der Waals surface area (Å²) >= 11 is 0. The zero-order chi connectivity index (χ0) is 28.1. The van der Waals surface area contributed by atoms with E-state index >= 15 is 0 Å². The number of aliphatic hydroxyl groups is 1. The van der Waals surface area contributed by atoms with E-state index in [1.54, 1.807) is 7.05 Å². The van der Waals surface area contributed by atoms with E-state index in [9.17, 15) is 5.11 Å². The predicted molar refractivity (Wildman–Crippen MR) is 163 cm³/mol. The molecule has 0 amide bonds. The Labute approximate surface area is 245 Å². The number of hydrogen-bond acceptors (Lipinski definition) is 6. The van der Waals surface area contributed by atoms with Crippen molar-refractivity contribution in [3.63, 3.8) is 0 Å². The molecule has 6 rings (SSSR count). The van der Waals surface area contributed by atoms with Crippen molar-refractivity contribution in [3.8, 4) is 11.4 Å². The van der Waals surface area contributed by atoms with Crippen molar-refractivity contribution in [1.82, 2.24) is 30.0 Å². The van der Waals surface area contributed by atoms with Crippen molar-refractivity contribution in [2.24, 2.45) is 18.9 Å². The van der Waals surface area contributed by atoms with Gasteiger partial charge in [0.2, 0.25) is 5.82 Å². The molecule has 1 aromatic heterocycles. The first-order valence-corrected chi connectivity index (χ1v) is 16.1. The number of hydrogen-bond donors (Lipinski definition) is 1. The maximum Gasteiger partial charge on any atom is 0.204 e. The average molecular weight is 557 g/mol. The summed E-state index contributed by atoms with van der Waals surface area (Å²) in [5, 5.41) is 23.7. The fraction of sp³-hybridized carbons (Fsp3) is 0.618. The Hall–Kier alpha value is -2.61. The lowest BCUT2D eigenvalue weighted by atomic mass is 9.84. The number of tetrazole rings is 1. The lowest BCUT2D eigenvalue weighted by Crippen LogP contribution is -2.46. The van der Waals surface area contributed by atoms with Crippen molar-refractivity contribution in [3.05, 3.63) is 65.7 Å². The van der Waals surface area contributed by atoms with Gasteiger partial charge >= 0.3 is 0 Å². The van der Waals surface area contributed by atoms with Gasteiger partial charge in [-0.1, -0.05) is 73.9 Å². The molecule has 2 saturated heterocycles. The highest BCUT2D eigenvalue weighted by Gasteiger charge is 2.38. The average Bonchev–Trinajstić information content (AvgIpc) is 3.61. The molecule has 41 heavy (non-hydrogen) atoms. The normalized spacial score (nSPS) is 24.1. The van der Waals surface area contributed by atoms with Crippen LogP contribution in [0.25, 0.3) is 11.4 Å². The summed E-state index contributed by atoms with van der Waals surface area (Å²) in [7, 11) is 1.78. The van der Waals surface area contributed by atoms with Gasteiger partial charge in [0.1, 0.15) is 0 Å². The maximum atomic E-state index is 11.4. The number of likely N-dealkylation sites (tertiary alicyclic amines) is 2. The molecule has 0 radical (unpaired) electrons. The molecular weight excluding hydrogens is 508 g/mol. The molecule has 3 aromatic rings. The van der Waals surface area contributed by atoms with E-state index in [0.717, 1.165) is 63.2 Å². The van der Waals surface area contributed by atoms with Crippen LogP contribution in [0.4, 0.5) is 0 Å². The van der Waals surface area contributed by atoms with Crippen LogP contribution in [0, 0.1) is 11.8 Å². The number of benzene rings is 2. The van der Waals surface area contributed by atoms with Gasteiger partial charge in [0.25, 0.3) is 0 Å². The van der Waals surface area contributed by atoms with Crippen LogP contribution < -0.4 is 0 Å². The number of nitrogens with zero attached hydrogens (tertiary/aromatic N) is 6. The minimum atomic E-state index is -0.526. The molecular formula is C34H48N6O. The van der Waals surface area contributed by atoms with Gasteiger partial charge in [0.15, 0.2) is 0 Å². The summed E-state index contributed by atoms with van der Waals surface area (Å²) < 4.78 is 0. The first-order chi connectivity index (χ1) is 20.0. The van der Waals surface area contributed by atoms with Crippen molar-refractivity contribution in [1.29, 1.82) is 0 Å². The summed E-state index contributed by atoms with van der Waals surface area (Å²) in [6, 6.07) is 19.7. The summed E-state index contributed by atoms with van der Waals surface area (Å²) in [4.78, 5) is 6.92. The van der Waals surface area contributed by atoms with Crippen LogP contribution in [0.2, 0.25) is 0 Å². The zero-order valence-corrected chi connectivity index (χ0v) is 24.9. The minimum Gasteiger partial charge on any atom is -0.390 e. The number of aryl methyl sites for hydroxylation is 2. The van der Waals surface area contributed by atoms with Crippen LogP contribution in [0.15, 0.2) is 54.6 Å². The Morgan fingerprint density at radius 2 is 1.63 bits per heavy atom. The molecule has 1 aliphatic carbocycles. The summed E-state index contributed by atoms with van der Waals surface area (Å²) in [5.41, 5.74) is 3.27. The Bertz CT molecular complexity index is 1210. The molecule has 1 N–H and O–H groups in total. The smallest absolute Gasteiger partial charge is 0.204 e. The van der Waals surface area contributed by atoms with Crippen molar-refractivity contribution >= 4 is 0 Å². The lowest BCUT2D eigenvalue weighted by molar-refractivity contribution is -0.0316. The van der Waals surface area contributed by atoms with Crippen LogP contribution in [0.1, 0.15) is 74.8 Å². The van der Waals surface area contributed by atoms with Crippen LogP contribution >= 0.6 is 0 Å². The highest BCUT2D eigenvalue weighted by molar-refractivity contribution is 5.54. The van der Waals surface area contributed by atoms with Crippen LogP contribution in [0.3, 0.4) is 0 Å². The molecule has 3 fully saturated rings. The summed E-state index contributed by atoms with van der Waals surface area (Å²) in [5.74, 6) is 2.85. The van der Waals surface area contributed by atoms with Crippen LogP contribution in [-0.4, -0.2) is 80.0 Å². The zero-order valence-electron chi connectivity index (χ0n) is 24.9. The van der Waals surface area contributed by atoms with E-state index in [0.29, 0.717) is 17.7 Å². The van der Waals surface area contributed by atoms with Gasteiger partial charge in [0, 0.05) is 50.7 Å². The third kappa shape index (κ3) is 7.43. The second kappa shape index (κ2) is 13.1. The largest absolute Gasteiger partial charge is 0.390 e. The number of rotatable bonds is 10. The first-order valence-electron chi connectivity index (χ1n) is 16.1. The van der Waals surface area contributed by atoms with Gasteiger partial charge in [-0.2, -0.15) is 4.80 Å². The van der Waals surface area contributed by atoms with E-state index in [1.165, 1.54) is 67.7 Å². The molecule has 7 heteroatoms. The summed E-state index contributed by atoms with van der Waals surface area (Å²) in [6.07, 6.45) is 11.8. The third-order valence-electron chi connectivity index (χ3n) is 10.1. The number of piperidine rings is 1. The Kier molecular flexibility index (Phi) is 9.13. The highest BCUT2D eigenvalue weighted by Crippen LogP contribution is 2.36. The van der Waals surface area contributed by atoms with Gasteiger partial charge in [-0.15, -0.1) is 10.2 Å². The molecule has 220 valence electrons. The molecule has 2 aromatic carbocycles. The number of aromatic nitrogens is 4. The summed E-state index contributed by atoms with van der Waals surface area (Å²) in [6.45, 7) is 6.90. The van der Waals surface area contributed by atoms with Crippen molar-refractivity contribution < 1.29 is 5.11 Å². The molecule has 0 bridgehead atoms. The Balaban J connectivity index is 0.980. The maximum absolute atomic E-state index is 11.4. The molecule has 7 nitrogen and oxygen atoms in total. The van der Waals surface area contributed by atoms with E-state index in [-0.39, 0.29) is 0 Å². The Morgan fingerprint density at radius 1 is 0.878 bits per heavy atom. The lowest BCUT2D eigenvalue weighted by Gasteiger charge is -2.40.